The largest absolute Gasteiger partial charge is 0.350 e. The SMILES string of the molecule is C=CCC1(CC#CC(=O)CCCc2ccccc2)COC(C)(C)OC1. The topological polar surface area (TPSA) is 35.5 Å². The van der Waals surface area contributed by atoms with E-state index in [0.29, 0.717) is 26.1 Å². The predicted molar refractivity (Wildman–Crippen MR) is 100 cm³/mol. The first kappa shape index (κ1) is 19.4. The van der Waals surface area contributed by atoms with Crippen molar-refractivity contribution in [3.05, 3.63) is 48.6 Å². The van der Waals surface area contributed by atoms with E-state index < -0.39 is 5.79 Å². The number of Topliss-reactive ketones (excluding diaryl/α,β-unsaturated/α-hetero) is 1. The Balaban J connectivity index is 1.80. The van der Waals surface area contributed by atoms with E-state index in [1.54, 1.807) is 0 Å². The van der Waals surface area contributed by atoms with E-state index in [9.17, 15) is 4.79 Å². The molecule has 0 bridgehead atoms. The average molecular weight is 340 g/mol. The first-order valence-corrected chi connectivity index (χ1v) is 8.89. The molecule has 1 aromatic carbocycles. The van der Waals surface area contributed by atoms with E-state index in [4.69, 9.17) is 9.47 Å². The molecule has 0 saturated carbocycles. The minimum absolute atomic E-state index is 0.00246. The molecule has 0 N–H and O–H groups in total. The number of allylic oxidation sites excluding steroid dienone is 1. The number of rotatable bonds is 7. The van der Waals surface area contributed by atoms with Crippen LogP contribution in [0.1, 0.15) is 45.1 Å². The summed E-state index contributed by atoms with van der Waals surface area (Å²) in [6, 6.07) is 10.2. The second-order valence-electron chi connectivity index (χ2n) is 7.21. The van der Waals surface area contributed by atoms with Gasteiger partial charge in [0, 0.05) is 18.3 Å². The third-order valence-corrected chi connectivity index (χ3v) is 4.43. The Bertz CT molecular complexity index is 624. The van der Waals surface area contributed by atoms with Gasteiger partial charge in [0.15, 0.2) is 5.79 Å². The van der Waals surface area contributed by atoms with Crippen LogP contribution in [0, 0.1) is 17.3 Å². The lowest BCUT2D eigenvalue weighted by atomic mass is 9.82. The normalized spacial score (nSPS) is 18.0. The Morgan fingerprint density at radius 2 is 1.92 bits per heavy atom. The number of hydrogen-bond acceptors (Lipinski definition) is 3. The van der Waals surface area contributed by atoms with Crippen LogP contribution in [0.3, 0.4) is 0 Å². The monoisotopic (exact) mass is 340 g/mol. The number of carbonyl (C=O) groups excluding carboxylic acids is 1. The van der Waals surface area contributed by atoms with Crippen molar-refractivity contribution in [2.45, 2.75) is 51.7 Å². The van der Waals surface area contributed by atoms with Gasteiger partial charge >= 0.3 is 0 Å². The molecule has 0 aromatic heterocycles. The second-order valence-corrected chi connectivity index (χ2v) is 7.21. The first-order valence-electron chi connectivity index (χ1n) is 8.89. The Morgan fingerprint density at radius 3 is 2.56 bits per heavy atom. The Hall–Kier alpha value is -1.89. The van der Waals surface area contributed by atoms with Crippen molar-refractivity contribution in [3.63, 3.8) is 0 Å². The van der Waals surface area contributed by atoms with Crippen molar-refractivity contribution in [1.29, 1.82) is 0 Å². The van der Waals surface area contributed by atoms with E-state index in [-0.39, 0.29) is 11.2 Å². The number of carbonyl (C=O) groups is 1. The van der Waals surface area contributed by atoms with E-state index in [2.05, 4.69) is 30.6 Å². The summed E-state index contributed by atoms with van der Waals surface area (Å²) in [6.45, 7) is 8.79. The Kier molecular flexibility index (Phi) is 6.99. The summed E-state index contributed by atoms with van der Waals surface area (Å²) in [5.74, 6) is 5.29. The van der Waals surface area contributed by atoms with Gasteiger partial charge in [0.1, 0.15) is 0 Å². The Labute approximate surface area is 151 Å². The molecule has 1 fully saturated rings. The molecule has 0 radical (unpaired) electrons. The van der Waals surface area contributed by atoms with Gasteiger partial charge < -0.3 is 9.47 Å². The van der Waals surface area contributed by atoms with Crippen LogP contribution in [-0.2, 0) is 20.7 Å². The average Bonchev–Trinajstić information content (AvgIpc) is 2.59. The summed E-state index contributed by atoms with van der Waals surface area (Å²) < 4.78 is 11.6. The predicted octanol–water partition coefficient (Wildman–Crippen LogP) is 4.32. The lowest BCUT2D eigenvalue weighted by Gasteiger charge is -2.42. The van der Waals surface area contributed by atoms with Gasteiger partial charge in [0.25, 0.3) is 0 Å². The van der Waals surface area contributed by atoms with Gasteiger partial charge in [-0.05, 0) is 44.6 Å². The number of ketones is 1. The van der Waals surface area contributed by atoms with Crippen molar-refractivity contribution in [1.82, 2.24) is 0 Å². The van der Waals surface area contributed by atoms with Crippen LogP contribution in [-0.4, -0.2) is 24.8 Å². The molecule has 0 amide bonds. The van der Waals surface area contributed by atoms with Crippen LogP contribution in [0.4, 0.5) is 0 Å². The zero-order valence-corrected chi connectivity index (χ0v) is 15.3. The molecule has 1 aliphatic heterocycles. The minimum atomic E-state index is -0.550. The summed E-state index contributed by atoms with van der Waals surface area (Å²) in [5, 5.41) is 0. The van der Waals surface area contributed by atoms with Gasteiger partial charge in [-0.1, -0.05) is 42.3 Å². The molecule has 0 spiro atoms. The van der Waals surface area contributed by atoms with Gasteiger partial charge in [0.05, 0.1) is 13.2 Å². The maximum atomic E-state index is 12.0. The third-order valence-electron chi connectivity index (χ3n) is 4.43. The molecule has 0 atom stereocenters. The highest BCUT2D eigenvalue weighted by molar-refractivity contribution is 5.95. The van der Waals surface area contributed by atoms with Crippen molar-refractivity contribution >= 4 is 5.78 Å². The summed E-state index contributed by atoms with van der Waals surface area (Å²) in [5.41, 5.74) is 1.06. The number of hydrogen-bond donors (Lipinski definition) is 0. The molecule has 0 unspecified atom stereocenters. The number of benzene rings is 1. The molecule has 134 valence electrons. The molecule has 3 heteroatoms. The highest BCUT2D eigenvalue weighted by atomic mass is 16.7. The molecule has 1 aliphatic rings. The second kappa shape index (κ2) is 8.99. The first-order chi connectivity index (χ1) is 11.9. The van der Waals surface area contributed by atoms with E-state index in [0.717, 1.165) is 19.3 Å². The smallest absolute Gasteiger partial charge is 0.205 e. The molecular weight excluding hydrogens is 312 g/mol. The molecule has 1 aromatic rings. The molecule has 3 nitrogen and oxygen atoms in total. The van der Waals surface area contributed by atoms with Gasteiger partial charge in [0.2, 0.25) is 5.78 Å². The molecule has 0 aliphatic carbocycles. The quantitative estimate of drug-likeness (QED) is 0.421. The zero-order chi connectivity index (χ0) is 18.2. The Morgan fingerprint density at radius 1 is 1.24 bits per heavy atom. The maximum absolute atomic E-state index is 12.0. The molecule has 25 heavy (non-hydrogen) atoms. The molecule has 2 rings (SSSR count). The van der Waals surface area contributed by atoms with Crippen molar-refractivity contribution in [2.75, 3.05) is 13.2 Å². The van der Waals surface area contributed by atoms with E-state index in [1.165, 1.54) is 5.56 Å². The zero-order valence-electron chi connectivity index (χ0n) is 15.3. The van der Waals surface area contributed by atoms with Crippen LogP contribution < -0.4 is 0 Å². The van der Waals surface area contributed by atoms with Gasteiger partial charge in [-0.15, -0.1) is 6.58 Å². The fourth-order valence-electron chi connectivity index (χ4n) is 2.83. The molecule has 1 heterocycles. The highest BCUT2D eigenvalue weighted by Crippen LogP contribution is 2.35. The number of ether oxygens (including phenoxy) is 2. The van der Waals surface area contributed by atoms with Crippen molar-refractivity contribution < 1.29 is 14.3 Å². The summed E-state index contributed by atoms with van der Waals surface area (Å²) >= 11 is 0. The van der Waals surface area contributed by atoms with E-state index >= 15 is 0 Å². The highest BCUT2D eigenvalue weighted by Gasteiger charge is 2.38. The fourth-order valence-corrected chi connectivity index (χ4v) is 2.83. The van der Waals surface area contributed by atoms with E-state index in [1.807, 2.05) is 38.1 Å². The van der Waals surface area contributed by atoms with Gasteiger partial charge in [-0.25, -0.2) is 0 Å². The van der Waals surface area contributed by atoms with Crippen LogP contribution in [0.15, 0.2) is 43.0 Å². The summed E-state index contributed by atoms with van der Waals surface area (Å²) in [7, 11) is 0. The maximum Gasteiger partial charge on any atom is 0.205 e. The van der Waals surface area contributed by atoms with Crippen LogP contribution in [0.2, 0.25) is 0 Å². The third kappa shape index (κ3) is 6.49. The summed E-state index contributed by atoms with van der Waals surface area (Å²) in [6.07, 6.45) is 5.45. The van der Waals surface area contributed by atoms with Gasteiger partial charge in [-0.3, -0.25) is 4.79 Å². The van der Waals surface area contributed by atoms with Gasteiger partial charge in [-0.2, -0.15) is 0 Å². The molecule has 1 saturated heterocycles. The lowest BCUT2D eigenvalue weighted by molar-refractivity contribution is -0.284. The van der Waals surface area contributed by atoms with Crippen molar-refractivity contribution in [3.8, 4) is 11.8 Å². The minimum Gasteiger partial charge on any atom is -0.350 e. The molecular formula is C22H28O3. The lowest BCUT2D eigenvalue weighted by Crippen LogP contribution is -2.46. The van der Waals surface area contributed by atoms with Crippen LogP contribution in [0.25, 0.3) is 0 Å². The fraction of sp³-hybridized carbons (Fsp3) is 0.500. The number of aryl methyl sites for hydroxylation is 1. The standard InChI is InChI=1S/C22H28O3/c1-4-15-22(17-24-21(2,3)25-18-22)16-9-14-20(23)13-8-12-19-10-6-5-7-11-19/h4-7,10-11H,1,8,12-13,15-18H2,2-3H3. The van der Waals surface area contributed by atoms with Crippen LogP contribution in [0.5, 0.6) is 0 Å². The van der Waals surface area contributed by atoms with Crippen molar-refractivity contribution in [2.24, 2.45) is 5.41 Å². The summed E-state index contributed by atoms with van der Waals surface area (Å²) in [4.78, 5) is 12.0. The van der Waals surface area contributed by atoms with Crippen LogP contribution >= 0.6 is 0 Å².